The molecular formula is C14H20N2O. The molecule has 17 heavy (non-hydrogen) atoms. The third-order valence-electron chi connectivity index (χ3n) is 2.66. The molecule has 0 spiro atoms. The monoisotopic (exact) mass is 232 g/mol. The van der Waals surface area contributed by atoms with Crippen molar-refractivity contribution in [3.8, 4) is 6.07 Å². The highest BCUT2D eigenvalue weighted by Crippen LogP contribution is 2.17. The van der Waals surface area contributed by atoms with Crippen LogP contribution in [0.4, 0.5) is 0 Å². The van der Waals surface area contributed by atoms with E-state index in [9.17, 15) is 5.26 Å². The van der Waals surface area contributed by atoms with Crippen molar-refractivity contribution in [1.29, 1.82) is 5.26 Å². The Kier molecular flexibility index (Phi) is 5.14. The molecular weight excluding hydrogens is 212 g/mol. The molecule has 2 N–H and O–H groups in total. The van der Waals surface area contributed by atoms with Gasteiger partial charge in [-0.15, -0.1) is 0 Å². The zero-order valence-corrected chi connectivity index (χ0v) is 10.5. The number of nitrogens with zero attached hydrogens (tertiary/aromatic N) is 1. The zero-order chi connectivity index (χ0) is 12.7. The van der Waals surface area contributed by atoms with E-state index in [1.54, 1.807) is 0 Å². The van der Waals surface area contributed by atoms with Gasteiger partial charge in [-0.05, 0) is 17.9 Å². The molecule has 0 fully saturated rings. The van der Waals surface area contributed by atoms with Crippen LogP contribution in [-0.2, 0) is 10.3 Å². The van der Waals surface area contributed by atoms with Crippen LogP contribution in [0.15, 0.2) is 30.3 Å². The van der Waals surface area contributed by atoms with Gasteiger partial charge in [-0.3, -0.25) is 0 Å². The van der Waals surface area contributed by atoms with Crippen molar-refractivity contribution >= 4 is 0 Å². The topological polar surface area (TPSA) is 59.0 Å². The molecule has 1 unspecified atom stereocenters. The zero-order valence-electron chi connectivity index (χ0n) is 10.5. The van der Waals surface area contributed by atoms with E-state index in [2.05, 4.69) is 19.9 Å². The molecule has 92 valence electrons. The molecule has 0 heterocycles. The van der Waals surface area contributed by atoms with E-state index in [-0.39, 0.29) is 6.61 Å². The van der Waals surface area contributed by atoms with Crippen molar-refractivity contribution in [1.82, 2.24) is 0 Å². The summed E-state index contributed by atoms with van der Waals surface area (Å²) in [5, 5.41) is 9.19. The largest absolute Gasteiger partial charge is 0.378 e. The van der Waals surface area contributed by atoms with Crippen LogP contribution in [0.3, 0.4) is 0 Å². The lowest BCUT2D eigenvalue weighted by Gasteiger charge is -2.22. The Morgan fingerprint density at radius 1 is 1.35 bits per heavy atom. The van der Waals surface area contributed by atoms with E-state index in [1.807, 2.05) is 30.3 Å². The number of benzene rings is 1. The van der Waals surface area contributed by atoms with Crippen LogP contribution < -0.4 is 5.73 Å². The van der Waals surface area contributed by atoms with Gasteiger partial charge >= 0.3 is 0 Å². The highest BCUT2D eigenvalue weighted by Gasteiger charge is 2.27. The molecule has 0 amide bonds. The second-order valence-corrected chi connectivity index (χ2v) is 4.68. The first-order valence-electron chi connectivity index (χ1n) is 5.92. The summed E-state index contributed by atoms with van der Waals surface area (Å²) in [6, 6.07) is 11.5. The maximum atomic E-state index is 9.19. The predicted octanol–water partition coefficient (Wildman–Crippen LogP) is 2.43. The first-order chi connectivity index (χ1) is 8.08. The number of rotatable bonds is 6. The number of ether oxygens (including phenoxy) is 1. The van der Waals surface area contributed by atoms with Gasteiger partial charge in [0.05, 0.1) is 12.7 Å². The van der Waals surface area contributed by atoms with Gasteiger partial charge in [0, 0.05) is 6.61 Å². The smallest absolute Gasteiger partial charge is 0.153 e. The van der Waals surface area contributed by atoms with Gasteiger partial charge in [-0.2, -0.15) is 5.26 Å². The Labute approximate surface area is 103 Å². The fraction of sp³-hybridized carbons (Fsp3) is 0.500. The molecule has 0 aliphatic heterocycles. The van der Waals surface area contributed by atoms with Gasteiger partial charge in [-0.1, -0.05) is 44.2 Å². The molecule has 1 rings (SSSR count). The summed E-state index contributed by atoms with van der Waals surface area (Å²) in [5.41, 5.74) is 5.80. The lowest BCUT2D eigenvalue weighted by atomic mass is 9.94. The van der Waals surface area contributed by atoms with Crippen LogP contribution in [-0.4, -0.2) is 13.2 Å². The molecule has 1 aromatic carbocycles. The number of nitriles is 1. The molecule has 3 nitrogen and oxygen atoms in total. The summed E-state index contributed by atoms with van der Waals surface area (Å²) in [4.78, 5) is 0. The van der Waals surface area contributed by atoms with Crippen LogP contribution in [0, 0.1) is 17.2 Å². The minimum absolute atomic E-state index is 0.236. The highest BCUT2D eigenvalue weighted by atomic mass is 16.5. The van der Waals surface area contributed by atoms with Gasteiger partial charge < -0.3 is 10.5 Å². The highest BCUT2D eigenvalue weighted by molar-refractivity contribution is 5.30. The third-order valence-corrected chi connectivity index (χ3v) is 2.66. The summed E-state index contributed by atoms with van der Waals surface area (Å²) in [6.07, 6.45) is 0.982. The van der Waals surface area contributed by atoms with Gasteiger partial charge in [0.1, 0.15) is 0 Å². The van der Waals surface area contributed by atoms with E-state index in [0.717, 1.165) is 12.0 Å². The molecule has 1 aromatic rings. The Morgan fingerprint density at radius 3 is 2.53 bits per heavy atom. The van der Waals surface area contributed by atoms with Gasteiger partial charge in [0.25, 0.3) is 0 Å². The minimum Gasteiger partial charge on any atom is -0.378 e. The molecule has 0 aromatic heterocycles. The second kappa shape index (κ2) is 6.39. The van der Waals surface area contributed by atoms with Crippen molar-refractivity contribution in [3.63, 3.8) is 0 Å². The molecule has 0 aliphatic carbocycles. The van der Waals surface area contributed by atoms with E-state index < -0.39 is 5.54 Å². The Hall–Kier alpha value is -1.37. The fourth-order valence-corrected chi connectivity index (χ4v) is 1.47. The third kappa shape index (κ3) is 4.18. The average Bonchev–Trinajstić information content (AvgIpc) is 2.35. The molecule has 1 atom stereocenters. The summed E-state index contributed by atoms with van der Waals surface area (Å²) in [6.45, 7) is 5.16. The summed E-state index contributed by atoms with van der Waals surface area (Å²) < 4.78 is 5.51. The van der Waals surface area contributed by atoms with Crippen molar-refractivity contribution in [2.45, 2.75) is 25.8 Å². The van der Waals surface area contributed by atoms with Gasteiger partial charge in [-0.25, -0.2) is 0 Å². The molecule has 0 bridgehead atoms. The molecule has 3 heteroatoms. The summed E-state index contributed by atoms with van der Waals surface area (Å²) in [7, 11) is 0. The maximum absolute atomic E-state index is 9.19. The van der Waals surface area contributed by atoms with Crippen molar-refractivity contribution in [3.05, 3.63) is 35.9 Å². The van der Waals surface area contributed by atoms with Crippen molar-refractivity contribution in [2.75, 3.05) is 13.2 Å². The lowest BCUT2D eigenvalue weighted by molar-refractivity contribution is 0.0938. The fourth-order valence-electron chi connectivity index (χ4n) is 1.47. The lowest BCUT2D eigenvalue weighted by Crippen LogP contribution is -2.40. The molecule has 0 saturated heterocycles. The average molecular weight is 232 g/mol. The molecule has 0 saturated carbocycles. The predicted molar refractivity (Wildman–Crippen MR) is 68.2 cm³/mol. The van der Waals surface area contributed by atoms with E-state index >= 15 is 0 Å². The number of nitrogens with two attached hydrogens (primary N) is 1. The quantitative estimate of drug-likeness (QED) is 0.766. The Balaban J connectivity index is 2.56. The number of hydrogen-bond acceptors (Lipinski definition) is 3. The van der Waals surface area contributed by atoms with Crippen LogP contribution in [0.5, 0.6) is 0 Å². The van der Waals surface area contributed by atoms with Crippen molar-refractivity contribution in [2.24, 2.45) is 11.7 Å². The molecule has 0 aliphatic rings. The van der Waals surface area contributed by atoms with Crippen LogP contribution in [0.2, 0.25) is 0 Å². The Bertz CT molecular complexity index is 370. The first-order valence-corrected chi connectivity index (χ1v) is 5.92. The van der Waals surface area contributed by atoms with Crippen LogP contribution >= 0.6 is 0 Å². The van der Waals surface area contributed by atoms with Crippen LogP contribution in [0.1, 0.15) is 25.8 Å². The molecule has 0 radical (unpaired) electrons. The summed E-state index contributed by atoms with van der Waals surface area (Å²) >= 11 is 0. The minimum atomic E-state index is -1.04. The van der Waals surface area contributed by atoms with Crippen molar-refractivity contribution < 1.29 is 4.74 Å². The SMILES string of the molecule is CC(C)CCOCC(N)(C#N)c1ccccc1. The number of hydrogen-bond donors (Lipinski definition) is 1. The first kappa shape index (κ1) is 13.7. The normalized spacial score (nSPS) is 14.3. The Morgan fingerprint density at radius 2 is 2.00 bits per heavy atom. The van der Waals surface area contributed by atoms with Gasteiger partial charge in [0.15, 0.2) is 5.54 Å². The van der Waals surface area contributed by atoms with Crippen LogP contribution in [0.25, 0.3) is 0 Å². The van der Waals surface area contributed by atoms with Gasteiger partial charge in [0.2, 0.25) is 0 Å². The standard InChI is InChI=1S/C14H20N2O/c1-12(2)8-9-17-11-14(16,10-15)13-6-4-3-5-7-13/h3-7,12H,8-9,11,16H2,1-2H3. The maximum Gasteiger partial charge on any atom is 0.153 e. The summed E-state index contributed by atoms with van der Waals surface area (Å²) in [5.74, 6) is 0.598. The van der Waals surface area contributed by atoms with E-state index in [1.165, 1.54) is 0 Å². The second-order valence-electron chi connectivity index (χ2n) is 4.68. The van der Waals surface area contributed by atoms with E-state index in [4.69, 9.17) is 10.5 Å². The van der Waals surface area contributed by atoms with E-state index in [0.29, 0.717) is 12.5 Å².